The lowest BCUT2D eigenvalue weighted by Crippen LogP contribution is -2.37. The van der Waals surface area contributed by atoms with Gasteiger partial charge >= 0.3 is 0 Å². The number of benzene rings is 3. The van der Waals surface area contributed by atoms with Crippen molar-refractivity contribution in [1.82, 2.24) is 0 Å². The van der Waals surface area contributed by atoms with Gasteiger partial charge in [0.05, 0.1) is 21.3 Å². The number of ether oxygens (including phenoxy) is 3. The van der Waals surface area contributed by atoms with Crippen LogP contribution in [0.4, 0.5) is 5.69 Å². The molecule has 0 bridgehead atoms. The number of rotatable bonds is 6. The van der Waals surface area contributed by atoms with Crippen molar-refractivity contribution >= 4 is 22.4 Å². The topological polar surface area (TPSA) is 48.0 Å². The van der Waals surface area contributed by atoms with Gasteiger partial charge in [-0.2, -0.15) is 0 Å². The summed E-state index contributed by atoms with van der Waals surface area (Å²) in [7, 11) is 4.79. The molecule has 0 aliphatic carbocycles. The molecule has 5 heteroatoms. The lowest BCUT2D eigenvalue weighted by molar-refractivity contribution is -0.119. The molecule has 0 aromatic heterocycles. The standard InChI is InChI=1S/C25H25NO4/c1-5-14-26-20-12-10-16-8-6-7-9-17(16)23(20)19(15-22(26)27)18-11-13-21(28-2)25(30-4)24(18)29-3/h5-13,19H,1,14-15H2,2-4H3. The third kappa shape index (κ3) is 3.07. The molecule has 1 amide bonds. The zero-order valence-electron chi connectivity index (χ0n) is 17.5. The van der Waals surface area contributed by atoms with E-state index in [-0.39, 0.29) is 11.8 Å². The summed E-state index contributed by atoms with van der Waals surface area (Å²) in [5, 5.41) is 2.26. The van der Waals surface area contributed by atoms with E-state index in [9.17, 15) is 4.79 Å². The maximum Gasteiger partial charge on any atom is 0.228 e. The van der Waals surface area contributed by atoms with Crippen molar-refractivity contribution in [3.8, 4) is 17.2 Å². The molecule has 0 N–H and O–H groups in total. The van der Waals surface area contributed by atoms with Gasteiger partial charge in [-0.15, -0.1) is 6.58 Å². The molecule has 1 aliphatic rings. The van der Waals surface area contributed by atoms with Gasteiger partial charge in [-0.3, -0.25) is 4.79 Å². The number of carbonyl (C=O) groups is 1. The van der Waals surface area contributed by atoms with E-state index in [1.807, 2.05) is 30.3 Å². The van der Waals surface area contributed by atoms with Crippen LogP contribution in [0.15, 0.2) is 61.2 Å². The van der Waals surface area contributed by atoms with Crippen LogP contribution in [0.25, 0.3) is 10.8 Å². The Morgan fingerprint density at radius 2 is 1.77 bits per heavy atom. The first-order chi connectivity index (χ1) is 14.6. The second kappa shape index (κ2) is 8.11. The number of methoxy groups -OCH3 is 3. The third-order valence-corrected chi connectivity index (χ3v) is 5.69. The average Bonchev–Trinajstić information content (AvgIpc) is 2.79. The van der Waals surface area contributed by atoms with Gasteiger partial charge in [0, 0.05) is 30.1 Å². The van der Waals surface area contributed by atoms with Crippen molar-refractivity contribution in [3.05, 3.63) is 72.3 Å². The molecule has 1 aliphatic heterocycles. The van der Waals surface area contributed by atoms with Gasteiger partial charge < -0.3 is 19.1 Å². The van der Waals surface area contributed by atoms with Crippen LogP contribution in [0.2, 0.25) is 0 Å². The number of hydrogen-bond acceptors (Lipinski definition) is 4. The summed E-state index contributed by atoms with van der Waals surface area (Å²) >= 11 is 0. The maximum absolute atomic E-state index is 13.1. The minimum Gasteiger partial charge on any atom is -0.493 e. The van der Waals surface area contributed by atoms with Crippen LogP contribution in [-0.2, 0) is 4.79 Å². The Hall–Kier alpha value is -3.47. The van der Waals surface area contributed by atoms with Crippen LogP contribution in [0.1, 0.15) is 23.5 Å². The lowest BCUT2D eigenvalue weighted by Gasteiger charge is -2.35. The van der Waals surface area contributed by atoms with Crippen molar-refractivity contribution in [2.45, 2.75) is 12.3 Å². The highest BCUT2D eigenvalue weighted by atomic mass is 16.5. The van der Waals surface area contributed by atoms with Crippen molar-refractivity contribution in [2.75, 3.05) is 32.8 Å². The first kappa shape index (κ1) is 19.8. The SMILES string of the molecule is C=CCN1C(=O)CC(c2ccc(OC)c(OC)c2OC)c2c1ccc1ccccc21. The van der Waals surface area contributed by atoms with Crippen LogP contribution in [-0.4, -0.2) is 33.8 Å². The van der Waals surface area contributed by atoms with Crippen molar-refractivity contribution < 1.29 is 19.0 Å². The summed E-state index contributed by atoms with van der Waals surface area (Å²) < 4.78 is 16.8. The molecule has 1 atom stereocenters. The zero-order valence-corrected chi connectivity index (χ0v) is 17.5. The van der Waals surface area contributed by atoms with Gasteiger partial charge in [-0.25, -0.2) is 0 Å². The molecule has 5 nitrogen and oxygen atoms in total. The van der Waals surface area contributed by atoms with E-state index in [4.69, 9.17) is 14.2 Å². The third-order valence-electron chi connectivity index (χ3n) is 5.69. The second-order valence-electron chi connectivity index (χ2n) is 7.19. The second-order valence-corrected chi connectivity index (χ2v) is 7.19. The Labute approximate surface area is 176 Å². The predicted molar refractivity (Wildman–Crippen MR) is 119 cm³/mol. The Bertz CT molecular complexity index is 1120. The number of fused-ring (bicyclic) bond motifs is 3. The molecule has 4 rings (SSSR count). The van der Waals surface area contributed by atoms with Gasteiger partial charge in [0.1, 0.15) is 0 Å². The van der Waals surface area contributed by atoms with Gasteiger partial charge in [-0.1, -0.05) is 42.5 Å². The Balaban J connectivity index is 2.01. The molecule has 1 unspecified atom stereocenters. The molecule has 1 heterocycles. The minimum atomic E-state index is -0.172. The number of anilines is 1. The Morgan fingerprint density at radius 1 is 1.00 bits per heavy atom. The summed E-state index contributed by atoms with van der Waals surface area (Å²) in [5.41, 5.74) is 2.92. The normalized spacial score (nSPS) is 15.6. The number of nitrogens with zero attached hydrogens (tertiary/aromatic N) is 1. The average molecular weight is 403 g/mol. The summed E-state index contributed by atoms with van der Waals surface area (Å²) in [4.78, 5) is 14.9. The van der Waals surface area contributed by atoms with E-state index in [0.717, 1.165) is 27.6 Å². The molecular formula is C25H25NO4. The molecule has 3 aromatic rings. The number of carbonyl (C=O) groups excluding carboxylic acids is 1. The largest absolute Gasteiger partial charge is 0.493 e. The summed E-state index contributed by atoms with van der Waals surface area (Å²) in [6, 6.07) is 16.2. The number of amides is 1. The molecule has 30 heavy (non-hydrogen) atoms. The van der Waals surface area contributed by atoms with E-state index in [2.05, 4.69) is 24.8 Å². The molecule has 0 fully saturated rings. The van der Waals surface area contributed by atoms with E-state index in [1.54, 1.807) is 32.3 Å². The van der Waals surface area contributed by atoms with E-state index >= 15 is 0 Å². The fourth-order valence-electron chi connectivity index (χ4n) is 4.40. The van der Waals surface area contributed by atoms with E-state index in [0.29, 0.717) is 30.2 Å². The molecule has 3 aromatic carbocycles. The predicted octanol–water partition coefficient (Wildman–Crippen LogP) is 4.92. The summed E-state index contributed by atoms with van der Waals surface area (Å²) in [6.07, 6.45) is 2.09. The number of hydrogen-bond donors (Lipinski definition) is 0. The monoisotopic (exact) mass is 403 g/mol. The molecule has 0 saturated heterocycles. The highest BCUT2D eigenvalue weighted by Gasteiger charge is 2.35. The molecule has 154 valence electrons. The quantitative estimate of drug-likeness (QED) is 0.548. The first-order valence-corrected chi connectivity index (χ1v) is 9.86. The summed E-state index contributed by atoms with van der Waals surface area (Å²) in [5.74, 6) is 1.59. The fourth-order valence-corrected chi connectivity index (χ4v) is 4.40. The van der Waals surface area contributed by atoms with Gasteiger partial charge in [-0.05, 0) is 28.5 Å². The first-order valence-electron chi connectivity index (χ1n) is 9.86. The molecular weight excluding hydrogens is 378 g/mol. The molecule has 0 spiro atoms. The lowest BCUT2D eigenvalue weighted by atomic mass is 9.80. The van der Waals surface area contributed by atoms with Gasteiger partial charge in [0.2, 0.25) is 11.7 Å². The minimum absolute atomic E-state index is 0.0551. The van der Waals surface area contributed by atoms with E-state index < -0.39 is 0 Å². The van der Waals surface area contributed by atoms with E-state index in [1.165, 1.54) is 0 Å². The van der Waals surface area contributed by atoms with Crippen molar-refractivity contribution in [2.24, 2.45) is 0 Å². The van der Waals surface area contributed by atoms with Crippen LogP contribution >= 0.6 is 0 Å². The fraction of sp³-hybridized carbons (Fsp3) is 0.240. The van der Waals surface area contributed by atoms with Crippen LogP contribution < -0.4 is 19.1 Å². The Kier molecular flexibility index (Phi) is 5.36. The summed E-state index contributed by atoms with van der Waals surface area (Å²) in [6.45, 7) is 4.30. The molecule has 0 radical (unpaired) electrons. The smallest absolute Gasteiger partial charge is 0.228 e. The Morgan fingerprint density at radius 3 is 2.47 bits per heavy atom. The van der Waals surface area contributed by atoms with Crippen LogP contribution in [0.5, 0.6) is 17.2 Å². The van der Waals surface area contributed by atoms with Gasteiger partial charge in [0.15, 0.2) is 11.5 Å². The highest BCUT2D eigenvalue weighted by Crippen LogP contribution is 2.50. The van der Waals surface area contributed by atoms with Crippen molar-refractivity contribution in [1.29, 1.82) is 0 Å². The van der Waals surface area contributed by atoms with Crippen LogP contribution in [0.3, 0.4) is 0 Å². The van der Waals surface area contributed by atoms with Gasteiger partial charge in [0.25, 0.3) is 0 Å². The maximum atomic E-state index is 13.1. The van der Waals surface area contributed by atoms with Crippen molar-refractivity contribution in [3.63, 3.8) is 0 Å². The highest BCUT2D eigenvalue weighted by molar-refractivity contribution is 6.03. The zero-order chi connectivity index (χ0) is 21.3. The van der Waals surface area contributed by atoms with Crippen LogP contribution in [0, 0.1) is 0 Å². The molecule has 0 saturated carbocycles.